The van der Waals surface area contributed by atoms with Crippen LogP contribution in [0.15, 0.2) is 0 Å². The van der Waals surface area contributed by atoms with Crippen molar-refractivity contribution in [1.29, 1.82) is 0 Å². The first kappa shape index (κ1) is 8.05. The van der Waals surface area contributed by atoms with Crippen molar-refractivity contribution in [3.8, 4) is 0 Å². The highest BCUT2D eigenvalue weighted by Gasteiger charge is 2.53. The van der Waals surface area contributed by atoms with E-state index >= 15 is 0 Å². The lowest BCUT2D eigenvalue weighted by molar-refractivity contribution is -0.121. The molecule has 1 saturated heterocycles. The Balaban J connectivity index is 1.91. The summed E-state index contributed by atoms with van der Waals surface area (Å²) < 4.78 is 5.37. The molecule has 1 aliphatic carbocycles. The van der Waals surface area contributed by atoms with Gasteiger partial charge < -0.3 is 10.1 Å². The Hall–Kier alpha value is -0.570. The number of nitrogens with one attached hydrogen (secondary N) is 1. The van der Waals surface area contributed by atoms with E-state index in [-0.39, 0.29) is 5.91 Å². The van der Waals surface area contributed by atoms with Gasteiger partial charge in [-0.3, -0.25) is 4.79 Å². The molecule has 2 aliphatic rings. The maximum Gasteiger partial charge on any atom is 0.220 e. The molecule has 1 spiro atoms. The highest BCUT2D eigenvalue weighted by Crippen LogP contribution is 2.51. The molecule has 12 heavy (non-hydrogen) atoms. The second kappa shape index (κ2) is 2.73. The first-order valence-electron chi connectivity index (χ1n) is 4.64. The molecular weight excluding hydrogens is 154 g/mol. The van der Waals surface area contributed by atoms with Gasteiger partial charge in [-0.2, -0.15) is 0 Å². The predicted molar refractivity (Wildman–Crippen MR) is 44.7 cm³/mol. The minimum Gasteiger partial charge on any atom is -0.379 e. The summed E-state index contributed by atoms with van der Waals surface area (Å²) in [6, 6.07) is 0.296. The largest absolute Gasteiger partial charge is 0.379 e. The van der Waals surface area contributed by atoms with Crippen LogP contribution in [0.4, 0.5) is 0 Å². The molecule has 3 heteroatoms. The normalized spacial score (nSPS) is 30.6. The molecule has 2 rings (SSSR count). The molecule has 1 heterocycles. The van der Waals surface area contributed by atoms with Crippen LogP contribution in [0.5, 0.6) is 0 Å². The highest BCUT2D eigenvalue weighted by molar-refractivity contribution is 5.76. The molecule has 2 fully saturated rings. The van der Waals surface area contributed by atoms with Gasteiger partial charge in [-0.15, -0.1) is 0 Å². The lowest BCUT2D eigenvalue weighted by Gasteiger charge is -2.16. The maximum absolute atomic E-state index is 11.1. The molecule has 0 aromatic heterocycles. The Morgan fingerprint density at radius 1 is 1.67 bits per heavy atom. The SMILES string of the molecule is CCC(=O)NC1COCC12CC2. The molecule has 1 N–H and O–H groups in total. The Labute approximate surface area is 72.5 Å². The highest BCUT2D eigenvalue weighted by atomic mass is 16.5. The number of ether oxygens (including phenoxy) is 1. The van der Waals surface area contributed by atoms with Crippen molar-refractivity contribution >= 4 is 5.91 Å². The van der Waals surface area contributed by atoms with Gasteiger partial charge in [0.15, 0.2) is 0 Å². The summed E-state index contributed by atoms with van der Waals surface area (Å²) in [7, 11) is 0. The zero-order valence-corrected chi connectivity index (χ0v) is 7.43. The van der Waals surface area contributed by atoms with Crippen molar-refractivity contribution in [2.45, 2.75) is 32.2 Å². The van der Waals surface area contributed by atoms with E-state index in [1.807, 2.05) is 6.92 Å². The molecule has 1 atom stereocenters. The fourth-order valence-corrected chi connectivity index (χ4v) is 1.80. The van der Waals surface area contributed by atoms with Crippen molar-refractivity contribution in [3.05, 3.63) is 0 Å². The van der Waals surface area contributed by atoms with Crippen LogP contribution in [0, 0.1) is 5.41 Å². The van der Waals surface area contributed by atoms with Crippen LogP contribution in [0.25, 0.3) is 0 Å². The van der Waals surface area contributed by atoms with E-state index in [9.17, 15) is 4.79 Å². The Bertz CT molecular complexity index is 199. The number of amides is 1. The fraction of sp³-hybridized carbons (Fsp3) is 0.889. The van der Waals surface area contributed by atoms with Gasteiger partial charge in [-0.05, 0) is 12.8 Å². The van der Waals surface area contributed by atoms with E-state index in [2.05, 4.69) is 5.32 Å². The van der Waals surface area contributed by atoms with Gasteiger partial charge in [0.2, 0.25) is 5.91 Å². The van der Waals surface area contributed by atoms with Crippen LogP contribution in [0.3, 0.4) is 0 Å². The van der Waals surface area contributed by atoms with Gasteiger partial charge in [-0.1, -0.05) is 6.92 Å². The van der Waals surface area contributed by atoms with Crippen molar-refractivity contribution in [2.24, 2.45) is 5.41 Å². The second-order valence-corrected chi connectivity index (χ2v) is 3.85. The van der Waals surface area contributed by atoms with Crippen LogP contribution in [-0.2, 0) is 9.53 Å². The average Bonchev–Trinajstić information content (AvgIpc) is 2.73. The third-order valence-electron chi connectivity index (χ3n) is 2.96. The standard InChI is InChI=1S/C9H15NO2/c1-2-8(11)10-7-5-12-6-9(7)3-4-9/h7H,2-6H2,1H3,(H,10,11). The third-order valence-corrected chi connectivity index (χ3v) is 2.96. The molecule has 1 aliphatic heterocycles. The topological polar surface area (TPSA) is 38.3 Å². The van der Waals surface area contributed by atoms with Gasteiger partial charge >= 0.3 is 0 Å². The molecule has 0 aromatic rings. The average molecular weight is 169 g/mol. The zero-order chi connectivity index (χ0) is 8.60. The second-order valence-electron chi connectivity index (χ2n) is 3.85. The lowest BCUT2D eigenvalue weighted by Crippen LogP contribution is -2.40. The summed E-state index contributed by atoms with van der Waals surface area (Å²) >= 11 is 0. The quantitative estimate of drug-likeness (QED) is 0.660. The van der Waals surface area contributed by atoms with Gasteiger partial charge in [0.05, 0.1) is 19.3 Å². The van der Waals surface area contributed by atoms with Gasteiger partial charge in [0.25, 0.3) is 0 Å². The molecular formula is C9H15NO2. The molecule has 0 bridgehead atoms. The molecule has 0 radical (unpaired) electrons. The molecule has 68 valence electrons. The number of hydrogen-bond donors (Lipinski definition) is 1. The van der Waals surface area contributed by atoms with Crippen LogP contribution >= 0.6 is 0 Å². The van der Waals surface area contributed by atoms with E-state index < -0.39 is 0 Å². The van der Waals surface area contributed by atoms with E-state index in [0.717, 1.165) is 6.61 Å². The molecule has 1 unspecified atom stereocenters. The monoisotopic (exact) mass is 169 g/mol. The minimum absolute atomic E-state index is 0.150. The van der Waals surface area contributed by atoms with Crippen LogP contribution in [0.1, 0.15) is 26.2 Å². The number of carbonyl (C=O) groups excluding carboxylic acids is 1. The summed E-state index contributed by atoms with van der Waals surface area (Å²) in [5.74, 6) is 0.150. The van der Waals surface area contributed by atoms with E-state index in [4.69, 9.17) is 4.74 Å². The smallest absolute Gasteiger partial charge is 0.220 e. The third kappa shape index (κ3) is 1.22. The summed E-state index contributed by atoms with van der Waals surface area (Å²) in [4.78, 5) is 11.1. The van der Waals surface area contributed by atoms with Gasteiger partial charge in [0, 0.05) is 11.8 Å². The van der Waals surface area contributed by atoms with Crippen LogP contribution < -0.4 is 5.32 Å². The number of hydrogen-bond acceptors (Lipinski definition) is 2. The Kier molecular flexibility index (Phi) is 1.83. The minimum atomic E-state index is 0.150. The summed E-state index contributed by atoms with van der Waals surface area (Å²) in [5, 5.41) is 3.02. The predicted octanol–water partition coefficient (Wildman–Crippen LogP) is 0.692. The summed E-state index contributed by atoms with van der Waals surface area (Å²) in [5.41, 5.74) is 0.338. The Morgan fingerprint density at radius 3 is 3.00 bits per heavy atom. The van der Waals surface area contributed by atoms with E-state index in [1.54, 1.807) is 0 Å². The molecule has 1 amide bonds. The summed E-state index contributed by atoms with van der Waals surface area (Å²) in [6.07, 6.45) is 3.02. The molecule has 3 nitrogen and oxygen atoms in total. The van der Waals surface area contributed by atoms with Crippen LogP contribution in [0.2, 0.25) is 0 Å². The molecule has 0 aromatic carbocycles. The lowest BCUT2D eigenvalue weighted by atomic mass is 10.0. The zero-order valence-electron chi connectivity index (χ0n) is 7.43. The van der Waals surface area contributed by atoms with Crippen molar-refractivity contribution in [2.75, 3.05) is 13.2 Å². The van der Waals surface area contributed by atoms with Crippen molar-refractivity contribution in [1.82, 2.24) is 5.32 Å². The first-order valence-corrected chi connectivity index (χ1v) is 4.64. The number of carbonyl (C=O) groups is 1. The van der Waals surface area contributed by atoms with Crippen molar-refractivity contribution < 1.29 is 9.53 Å². The molecule has 1 saturated carbocycles. The van der Waals surface area contributed by atoms with Crippen LogP contribution in [-0.4, -0.2) is 25.2 Å². The van der Waals surface area contributed by atoms with Crippen molar-refractivity contribution in [3.63, 3.8) is 0 Å². The Morgan fingerprint density at radius 2 is 2.42 bits per heavy atom. The van der Waals surface area contributed by atoms with Gasteiger partial charge in [0.1, 0.15) is 0 Å². The van der Waals surface area contributed by atoms with E-state index in [1.165, 1.54) is 12.8 Å². The fourth-order valence-electron chi connectivity index (χ4n) is 1.80. The van der Waals surface area contributed by atoms with Gasteiger partial charge in [-0.25, -0.2) is 0 Å². The maximum atomic E-state index is 11.1. The number of rotatable bonds is 2. The summed E-state index contributed by atoms with van der Waals surface area (Å²) in [6.45, 7) is 3.44. The van der Waals surface area contributed by atoms with E-state index in [0.29, 0.717) is 24.5 Å². The first-order chi connectivity index (χ1) is 5.77.